The Morgan fingerprint density at radius 3 is 2.57 bits per heavy atom. The fraction of sp³-hybridized carbons (Fsp3) is 0.500. The summed E-state index contributed by atoms with van der Waals surface area (Å²) >= 11 is 0. The minimum atomic E-state index is -0.664. The molecular formula is C10H14F2N2. The van der Waals surface area contributed by atoms with E-state index in [-0.39, 0.29) is 11.4 Å². The molecule has 1 N–H and O–H groups in total. The Hall–Kier alpha value is -1.19. The molecule has 1 aromatic rings. The van der Waals surface area contributed by atoms with Crippen LogP contribution in [-0.4, -0.2) is 10.5 Å². The van der Waals surface area contributed by atoms with Gasteiger partial charge in [-0.05, 0) is 20.3 Å². The quantitative estimate of drug-likeness (QED) is 0.811. The van der Waals surface area contributed by atoms with Gasteiger partial charge < -0.3 is 5.32 Å². The molecule has 0 aliphatic rings. The highest BCUT2D eigenvalue weighted by Crippen LogP contribution is 2.18. The number of pyridine rings is 1. The molecule has 0 saturated heterocycles. The van der Waals surface area contributed by atoms with Crippen LogP contribution in [0.15, 0.2) is 12.3 Å². The Morgan fingerprint density at radius 2 is 2.07 bits per heavy atom. The fourth-order valence-electron chi connectivity index (χ4n) is 0.915. The van der Waals surface area contributed by atoms with E-state index in [2.05, 4.69) is 10.3 Å². The fourth-order valence-corrected chi connectivity index (χ4v) is 0.915. The van der Waals surface area contributed by atoms with E-state index in [1.165, 1.54) is 0 Å². The first-order valence-corrected chi connectivity index (χ1v) is 4.54. The topological polar surface area (TPSA) is 24.9 Å². The SMILES string of the molecule is CCC(C)(C)Nc1ncc(F)cc1F. The number of nitrogens with one attached hydrogen (secondary N) is 1. The standard InChI is InChI=1S/C10H14F2N2/c1-4-10(2,3)14-9-8(12)5-7(11)6-13-9/h5-6H,4H2,1-3H3,(H,13,14). The van der Waals surface area contributed by atoms with Gasteiger partial charge in [-0.25, -0.2) is 13.8 Å². The van der Waals surface area contributed by atoms with E-state index in [0.717, 1.165) is 18.7 Å². The van der Waals surface area contributed by atoms with Gasteiger partial charge in [0.15, 0.2) is 11.6 Å². The van der Waals surface area contributed by atoms with Crippen molar-refractivity contribution in [2.24, 2.45) is 0 Å². The van der Waals surface area contributed by atoms with E-state index in [0.29, 0.717) is 0 Å². The molecule has 14 heavy (non-hydrogen) atoms. The number of hydrogen-bond donors (Lipinski definition) is 1. The highest BCUT2D eigenvalue weighted by Gasteiger charge is 2.17. The van der Waals surface area contributed by atoms with Gasteiger partial charge in [-0.15, -0.1) is 0 Å². The maximum Gasteiger partial charge on any atom is 0.168 e. The highest BCUT2D eigenvalue weighted by atomic mass is 19.1. The molecular weight excluding hydrogens is 186 g/mol. The lowest BCUT2D eigenvalue weighted by Gasteiger charge is -2.25. The number of nitrogens with zero attached hydrogens (tertiary/aromatic N) is 1. The van der Waals surface area contributed by atoms with Crippen molar-refractivity contribution in [3.63, 3.8) is 0 Å². The zero-order valence-corrected chi connectivity index (χ0v) is 8.56. The van der Waals surface area contributed by atoms with Gasteiger partial charge in [0, 0.05) is 11.6 Å². The first-order valence-electron chi connectivity index (χ1n) is 4.54. The summed E-state index contributed by atoms with van der Waals surface area (Å²) in [6, 6.07) is 0.821. The third kappa shape index (κ3) is 2.65. The number of aromatic nitrogens is 1. The summed E-state index contributed by atoms with van der Waals surface area (Å²) in [6.45, 7) is 5.84. The minimum Gasteiger partial charge on any atom is -0.363 e. The Kier molecular flexibility index (Phi) is 3.03. The average molecular weight is 200 g/mol. The number of hydrogen-bond acceptors (Lipinski definition) is 2. The Balaban J connectivity index is 2.87. The molecule has 78 valence electrons. The minimum absolute atomic E-state index is 0.0956. The molecule has 0 bridgehead atoms. The van der Waals surface area contributed by atoms with Gasteiger partial charge in [0.05, 0.1) is 6.20 Å². The first kappa shape index (κ1) is 10.9. The van der Waals surface area contributed by atoms with E-state index in [9.17, 15) is 8.78 Å². The number of anilines is 1. The molecule has 0 unspecified atom stereocenters. The molecule has 4 heteroatoms. The van der Waals surface area contributed by atoms with Crippen molar-refractivity contribution in [1.82, 2.24) is 4.98 Å². The zero-order valence-electron chi connectivity index (χ0n) is 8.56. The predicted octanol–water partition coefficient (Wildman–Crippen LogP) is 2.96. The highest BCUT2D eigenvalue weighted by molar-refractivity contribution is 5.38. The molecule has 0 saturated carbocycles. The second-order valence-corrected chi connectivity index (χ2v) is 3.85. The van der Waals surface area contributed by atoms with Crippen LogP contribution in [-0.2, 0) is 0 Å². The molecule has 0 aliphatic heterocycles. The molecule has 0 fully saturated rings. The van der Waals surface area contributed by atoms with Crippen LogP contribution in [0.25, 0.3) is 0 Å². The van der Waals surface area contributed by atoms with Crippen LogP contribution < -0.4 is 5.32 Å². The normalized spacial score (nSPS) is 11.5. The van der Waals surface area contributed by atoms with Crippen molar-refractivity contribution in [2.45, 2.75) is 32.7 Å². The Labute approximate surface area is 82.4 Å². The van der Waals surface area contributed by atoms with Crippen molar-refractivity contribution in [1.29, 1.82) is 0 Å². The molecule has 0 atom stereocenters. The van der Waals surface area contributed by atoms with Crippen LogP contribution in [0.5, 0.6) is 0 Å². The summed E-state index contributed by atoms with van der Waals surface area (Å²) in [7, 11) is 0. The Bertz CT molecular complexity index is 324. The van der Waals surface area contributed by atoms with Crippen LogP contribution in [0.2, 0.25) is 0 Å². The molecule has 1 aromatic heterocycles. The van der Waals surface area contributed by atoms with Gasteiger partial charge in [-0.1, -0.05) is 6.92 Å². The molecule has 0 spiro atoms. The third-order valence-corrected chi connectivity index (χ3v) is 2.15. The van der Waals surface area contributed by atoms with Crippen LogP contribution >= 0.6 is 0 Å². The van der Waals surface area contributed by atoms with E-state index in [1.807, 2.05) is 20.8 Å². The van der Waals surface area contributed by atoms with E-state index in [1.54, 1.807) is 0 Å². The lowest BCUT2D eigenvalue weighted by molar-refractivity contribution is 0.527. The zero-order chi connectivity index (χ0) is 10.8. The smallest absolute Gasteiger partial charge is 0.168 e. The van der Waals surface area contributed by atoms with E-state index in [4.69, 9.17) is 0 Å². The predicted molar refractivity (Wildman–Crippen MR) is 52.1 cm³/mol. The molecule has 1 heterocycles. The molecule has 0 radical (unpaired) electrons. The summed E-state index contributed by atoms with van der Waals surface area (Å²) in [6.07, 6.45) is 1.82. The molecule has 0 amide bonds. The lowest BCUT2D eigenvalue weighted by atomic mass is 10.0. The second-order valence-electron chi connectivity index (χ2n) is 3.85. The van der Waals surface area contributed by atoms with Crippen LogP contribution in [0.1, 0.15) is 27.2 Å². The van der Waals surface area contributed by atoms with Gasteiger partial charge in [0.1, 0.15) is 5.82 Å². The number of halogens is 2. The summed E-state index contributed by atoms with van der Waals surface area (Å²) in [5.74, 6) is -1.23. The van der Waals surface area contributed by atoms with Crippen LogP contribution in [0.3, 0.4) is 0 Å². The van der Waals surface area contributed by atoms with Gasteiger partial charge >= 0.3 is 0 Å². The van der Waals surface area contributed by atoms with E-state index < -0.39 is 11.6 Å². The van der Waals surface area contributed by atoms with E-state index >= 15 is 0 Å². The summed E-state index contributed by atoms with van der Waals surface area (Å²) < 4.78 is 25.7. The lowest BCUT2D eigenvalue weighted by Crippen LogP contribution is -2.30. The molecule has 2 nitrogen and oxygen atoms in total. The van der Waals surface area contributed by atoms with Crippen LogP contribution in [0, 0.1) is 11.6 Å². The van der Waals surface area contributed by atoms with Crippen molar-refractivity contribution in [3.8, 4) is 0 Å². The molecule has 0 aromatic carbocycles. The monoisotopic (exact) mass is 200 g/mol. The first-order chi connectivity index (χ1) is 6.44. The Morgan fingerprint density at radius 1 is 1.43 bits per heavy atom. The molecule has 0 aliphatic carbocycles. The maximum atomic E-state index is 13.2. The second kappa shape index (κ2) is 3.90. The van der Waals surface area contributed by atoms with Gasteiger partial charge in [-0.3, -0.25) is 0 Å². The van der Waals surface area contributed by atoms with Crippen molar-refractivity contribution >= 4 is 5.82 Å². The average Bonchev–Trinajstić information content (AvgIpc) is 2.10. The maximum absolute atomic E-state index is 13.2. The van der Waals surface area contributed by atoms with Crippen molar-refractivity contribution in [2.75, 3.05) is 5.32 Å². The van der Waals surface area contributed by atoms with Crippen molar-refractivity contribution in [3.05, 3.63) is 23.9 Å². The van der Waals surface area contributed by atoms with Gasteiger partial charge in [0.25, 0.3) is 0 Å². The van der Waals surface area contributed by atoms with Gasteiger partial charge in [-0.2, -0.15) is 0 Å². The summed E-state index contributed by atoms with van der Waals surface area (Å²) in [5, 5.41) is 2.91. The summed E-state index contributed by atoms with van der Waals surface area (Å²) in [4.78, 5) is 3.65. The largest absolute Gasteiger partial charge is 0.363 e. The third-order valence-electron chi connectivity index (χ3n) is 2.15. The summed E-state index contributed by atoms with van der Waals surface area (Å²) in [5.41, 5.74) is -0.244. The molecule has 1 rings (SSSR count). The van der Waals surface area contributed by atoms with Crippen molar-refractivity contribution < 1.29 is 8.78 Å². The van der Waals surface area contributed by atoms with Crippen LogP contribution in [0.4, 0.5) is 14.6 Å². The number of rotatable bonds is 3. The van der Waals surface area contributed by atoms with Gasteiger partial charge in [0.2, 0.25) is 0 Å².